The van der Waals surface area contributed by atoms with Crippen LogP contribution in [0.3, 0.4) is 0 Å². The van der Waals surface area contributed by atoms with E-state index in [0.29, 0.717) is 0 Å². The van der Waals surface area contributed by atoms with Crippen molar-refractivity contribution in [2.75, 3.05) is 17.2 Å². The average Bonchev–Trinajstić information content (AvgIpc) is 2.76. The van der Waals surface area contributed by atoms with Crippen LogP contribution in [0, 0.1) is 11.6 Å². The second-order valence-electron chi connectivity index (χ2n) is 3.89. The Morgan fingerprint density at radius 2 is 2.12 bits per heavy atom. The molecule has 1 atom stereocenters. The quantitative estimate of drug-likeness (QED) is 0.795. The molecule has 1 heterocycles. The van der Waals surface area contributed by atoms with Crippen LogP contribution < -0.4 is 11.1 Å². The molecule has 0 bridgehead atoms. The number of rotatable bonds is 2. The number of thioether (sulfide) groups is 1. The first kappa shape index (κ1) is 12.2. The van der Waals surface area contributed by atoms with Gasteiger partial charge in [0.25, 0.3) is 5.91 Å². The van der Waals surface area contributed by atoms with Crippen LogP contribution in [0.25, 0.3) is 0 Å². The molecule has 2 rings (SSSR count). The average molecular weight is 258 g/mol. The van der Waals surface area contributed by atoms with Crippen LogP contribution in [-0.2, 0) is 0 Å². The lowest BCUT2D eigenvalue weighted by atomic mass is 10.1. The van der Waals surface area contributed by atoms with Crippen LogP contribution in [0.2, 0.25) is 0 Å². The van der Waals surface area contributed by atoms with E-state index in [0.717, 1.165) is 30.1 Å². The number of hydrogen-bond donors (Lipinski definition) is 2. The van der Waals surface area contributed by atoms with Crippen molar-refractivity contribution in [2.45, 2.75) is 12.5 Å². The summed E-state index contributed by atoms with van der Waals surface area (Å²) in [6, 6.07) is 1.75. The van der Waals surface area contributed by atoms with Gasteiger partial charge in [-0.05, 0) is 18.2 Å². The number of carbonyl (C=O) groups excluding carboxylic acids is 1. The summed E-state index contributed by atoms with van der Waals surface area (Å²) < 4.78 is 25.9. The highest BCUT2D eigenvalue weighted by Gasteiger charge is 2.20. The standard InChI is InChI=1S/C11H12F2N2OS/c12-8-3-7(10(14)4-9(8)13)11(16)15-6-1-2-17-5-6/h3-4,6H,1-2,5,14H2,(H,15,16). The van der Waals surface area contributed by atoms with Gasteiger partial charge in [-0.2, -0.15) is 11.8 Å². The van der Waals surface area contributed by atoms with Crippen LogP contribution >= 0.6 is 11.8 Å². The lowest BCUT2D eigenvalue weighted by Gasteiger charge is -2.12. The summed E-state index contributed by atoms with van der Waals surface area (Å²) >= 11 is 1.75. The monoisotopic (exact) mass is 258 g/mol. The summed E-state index contributed by atoms with van der Waals surface area (Å²) in [5.74, 6) is -0.720. The van der Waals surface area contributed by atoms with E-state index >= 15 is 0 Å². The van der Waals surface area contributed by atoms with E-state index in [1.807, 2.05) is 0 Å². The minimum absolute atomic E-state index is 0.0131. The summed E-state index contributed by atoms with van der Waals surface area (Å²) in [6.45, 7) is 0. The van der Waals surface area contributed by atoms with Crippen LogP contribution in [0.4, 0.5) is 14.5 Å². The van der Waals surface area contributed by atoms with Crippen molar-refractivity contribution in [1.82, 2.24) is 5.32 Å². The molecule has 3 N–H and O–H groups in total. The summed E-state index contributed by atoms with van der Waals surface area (Å²) in [4.78, 5) is 11.8. The lowest BCUT2D eigenvalue weighted by Crippen LogP contribution is -2.35. The highest BCUT2D eigenvalue weighted by Crippen LogP contribution is 2.20. The molecule has 0 spiro atoms. The van der Waals surface area contributed by atoms with E-state index in [-0.39, 0.29) is 17.3 Å². The number of anilines is 1. The molecule has 1 aromatic carbocycles. The third-order valence-corrected chi connectivity index (χ3v) is 3.76. The highest BCUT2D eigenvalue weighted by molar-refractivity contribution is 7.99. The molecule has 1 aromatic rings. The second kappa shape index (κ2) is 4.91. The van der Waals surface area contributed by atoms with E-state index < -0.39 is 17.5 Å². The number of benzene rings is 1. The molecular weight excluding hydrogens is 246 g/mol. The van der Waals surface area contributed by atoms with E-state index in [1.165, 1.54) is 0 Å². The van der Waals surface area contributed by atoms with E-state index in [4.69, 9.17) is 5.73 Å². The van der Waals surface area contributed by atoms with E-state index in [1.54, 1.807) is 11.8 Å². The number of amides is 1. The van der Waals surface area contributed by atoms with Gasteiger partial charge in [-0.25, -0.2) is 8.78 Å². The van der Waals surface area contributed by atoms with Gasteiger partial charge in [-0.3, -0.25) is 4.79 Å². The van der Waals surface area contributed by atoms with Crippen molar-refractivity contribution < 1.29 is 13.6 Å². The predicted octanol–water partition coefficient (Wildman–Crippen LogP) is 1.78. The van der Waals surface area contributed by atoms with Gasteiger partial charge in [-0.15, -0.1) is 0 Å². The Morgan fingerprint density at radius 3 is 2.76 bits per heavy atom. The Morgan fingerprint density at radius 1 is 1.41 bits per heavy atom. The summed E-state index contributed by atoms with van der Waals surface area (Å²) in [7, 11) is 0. The zero-order chi connectivity index (χ0) is 12.4. The van der Waals surface area contributed by atoms with Crippen molar-refractivity contribution in [1.29, 1.82) is 0 Å². The molecule has 3 nitrogen and oxygen atoms in total. The first-order valence-corrected chi connectivity index (χ1v) is 6.36. The van der Waals surface area contributed by atoms with Gasteiger partial charge >= 0.3 is 0 Å². The lowest BCUT2D eigenvalue weighted by molar-refractivity contribution is 0.0941. The number of hydrogen-bond acceptors (Lipinski definition) is 3. The number of carbonyl (C=O) groups is 1. The third-order valence-electron chi connectivity index (χ3n) is 2.60. The number of nitrogen functional groups attached to an aromatic ring is 1. The maximum atomic E-state index is 13.0. The largest absolute Gasteiger partial charge is 0.398 e. The topological polar surface area (TPSA) is 55.1 Å². The van der Waals surface area contributed by atoms with Crippen LogP contribution in [0.5, 0.6) is 0 Å². The molecule has 1 aliphatic heterocycles. The SMILES string of the molecule is Nc1cc(F)c(F)cc1C(=O)NC1CCSC1. The zero-order valence-electron chi connectivity index (χ0n) is 9.00. The molecule has 0 saturated carbocycles. The molecule has 0 aromatic heterocycles. The Balaban J connectivity index is 2.15. The van der Waals surface area contributed by atoms with Gasteiger partial charge in [0.1, 0.15) is 0 Å². The Hall–Kier alpha value is -1.30. The fourth-order valence-electron chi connectivity index (χ4n) is 1.67. The van der Waals surface area contributed by atoms with Gasteiger partial charge in [-0.1, -0.05) is 0 Å². The highest BCUT2D eigenvalue weighted by atomic mass is 32.2. The van der Waals surface area contributed by atoms with Gasteiger partial charge < -0.3 is 11.1 Å². The number of nitrogens with one attached hydrogen (secondary N) is 1. The fraction of sp³-hybridized carbons (Fsp3) is 0.364. The van der Waals surface area contributed by atoms with Gasteiger partial charge in [0.2, 0.25) is 0 Å². The third kappa shape index (κ3) is 2.69. The first-order valence-electron chi connectivity index (χ1n) is 5.21. The molecule has 92 valence electrons. The molecule has 0 aliphatic carbocycles. The normalized spacial score (nSPS) is 19.3. The van der Waals surface area contributed by atoms with Crippen LogP contribution in [-0.4, -0.2) is 23.5 Å². The maximum absolute atomic E-state index is 13.0. The molecule has 1 aliphatic rings. The van der Waals surface area contributed by atoms with Crippen molar-refractivity contribution in [3.05, 3.63) is 29.3 Å². The van der Waals surface area contributed by atoms with Gasteiger partial charge in [0, 0.05) is 23.5 Å². The Labute approximate surface area is 102 Å². The Bertz CT molecular complexity index is 447. The van der Waals surface area contributed by atoms with E-state index in [9.17, 15) is 13.6 Å². The van der Waals surface area contributed by atoms with Crippen LogP contribution in [0.15, 0.2) is 12.1 Å². The van der Waals surface area contributed by atoms with Crippen molar-refractivity contribution in [3.63, 3.8) is 0 Å². The zero-order valence-corrected chi connectivity index (χ0v) is 9.82. The molecule has 1 fully saturated rings. The fourth-order valence-corrected chi connectivity index (χ4v) is 2.82. The van der Waals surface area contributed by atoms with Crippen molar-refractivity contribution >= 4 is 23.4 Å². The molecule has 17 heavy (non-hydrogen) atoms. The first-order chi connectivity index (χ1) is 8.08. The molecule has 1 unspecified atom stereocenters. The minimum atomic E-state index is -1.06. The van der Waals surface area contributed by atoms with Gasteiger partial charge in [0.15, 0.2) is 11.6 Å². The smallest absolute Gasteiger partial charge is 0.253 e. The minimum Gasteiger partial charge on any atom is -0.398 e. The summed E-state index contributed by atoms with van der Waals surface area (Å²) in [6.07, 6.45) is 0.889. The molecule has 0 radical (unpaired) electrons. The van der Waals surface area contributed by atoms with Crippen molar-refractivity contribution in [2.24, 2.45) is 0 Å². The van der Waals surface area contributed by atoms with Crippen LogP contribution in [0.1, 0.15) is 16.8 Å². The van der Waals surface area contributed by atoms with Gasteiger partial charge in [0.05, 0.1) is 5.56 Å². The maximum Gasteiger partial charge on any atom is 0.253 e. The Kier molecular flexibility index (Phi) is 3.51. The van der Waals surface area contributed by atoms with E-state index in [2.05, 4.69) is 5.32 Å². The number of halogens is 2. The predicted molar refractivity (Wildman–Crippen MR) is 64.0 cm³/mol. The molecule has 1 saturated heterocycles. The van der Waals surface area contributed by atoms with Crippen molar-refractivity contribution in [3.8, 4) is 0 Å². The molecular formula is C11H12F2N2OS. The second-order valence-corrected chi connectivity index (χ2v) is 5.04. The summed E-state index contributed by atoms with van der Waals surface area (Å²) in [5, 5.41) is 2.75. The molecule has 1 amide bonds. The number of nitrogens with two attached hydrogens (primary N) is 1. The molecule has 6 heteroatoms. The summed E-state index contributed by atoms with van der Waals surface area (Å²) in [5.41, 5.74) is 5.43.